The van der Waals surface area contributed by atoms with Crippen molar-refractivity contribution in [3.05, 3.63) is 41.6 Å². The van der Waals surface area contributed by atoms with Crippen molar-refractivity contribution in [2.75, 3.05) is 17.7 Å². The van der Waals surface area contributed by atoms with E-state index in [9.17, 15) is 0 Å². The van der Waals surface area contributed by atoms with E-state index < -0.39 is 0 Å². The minimum atomic E-state index is 0.522. The van der Waals surface area contributed by atoms with Gasteiger partial charge in [-0.1, -0.05) is 12.1 Å². The summed E-state index contributed by atoms with van der Waals surface area (Å²) in [5, 5.41) is 0. The lowest BCUT2D eigenvalue weighted by Crippen LogP contribution is -2.27. The van der Waals surface area contributed by atoms with Crippen LogP contribution in [-0.4, -0.2) is 23.1 Å². The van der Waals surface area contributed by atoms with Crippen LogP contribution >= 0.6 is 0 Å². The van der Waals surface area contributed by atoms with Crippen molar-refractivity contribution in [3.8, 4) is 5.88 Å². The molecule has 5 heteroatoms. The second-order valence-corrected chi connectivity index (χ2v) is 5.45. The quantitative estimate of drug-likeness (QED) is 0.855. The molecule has 0 saturated heterocycles. The molecule has 1 aliphatic rings. The summed E-state index contributed by atoms with van der Waals surface area (Å²) >= 11 is 0. The number of aryl methyl sites for hydroxylation is 1. The first-order valence-corrected chi connectivity index (χ1v) is 7.16. The molecule has 0 spiro atoms. The standard InChI is InChI=1S/C16H20N4O/c1-11-9-15(21-2)19-16(18-11)20(14-7-8-14)10-12-3-5-13(17)6-4-12/h3-6,9,14H,7-8,10,17H2,1-2H3. The van der Waals surface area contributed by atoms with E-state index in [2.05, 4.69) is 27.0 Å². The van der Waals surface area contributed by atoms with Crippen molar-refractivity contribution in [2.24, 2.45) is 0 Å². The molecule has 0 unspecified atom stereocenters. The fourth-order valence-electron chi connectivity index (χ4n) is 2.33. The number of benzene rings is 1. The predicted molar refractivity (Wildman–Crippen MR) is 83.4 cm³/mol. The van der Waals surface area contributed by atoms with Gasteiger partial charge in [-0.25, -0.2) is 4.98 Å². The highest BCUT2D eigenvalue weighted by molar-refractivity contribution is 5.43. The van der Waals surface area contributed by atoms with Crippen LogP contribution in [0.4, 0.5) is 11.6 Å². The molecule has 0 aliphatic heterocycles. The zero-order valence-corrected chi connectivity index (χ0v) is 12.4. The van der Waals surface area contributed by atoms with Gasteiger partial charge < -0.3 is 15.4 Å². The first-order chi connectivity index (χ1) is 10.2. The van der Waals surface area contributed by atoms with Gasteiger partial charge in [0, 0.05) is 30.0 Å². The van der Waals surface area contributed by atoms with E-state index >= 15 is 0 Å². The highest BCUT2D eigenvalue weighted by atomic mass is 16.5. The van der Waals surface area contributed by atoms with Gasteiger partial charge in [-0.05, 0) is 37.5 Å². The first-order valence-electron chi connectivity index (χ1n) is 7.16. The van der Waals surface area contributed by atoms with Crippen molar-refractivity contribution in [1.82, 2.24) is 9.97 Å². The molecule has 3 rings (SSSR count). The first kappa shape index (κ1) is 13.7. The van der Waals surface area contributed by atoms with Gasteiger partial charge in [0.25, 0.3) is 0 Å². The Morgan fingerprint density at radius 3 is 2.57 bits per heavy atom. The molecule has 1 aromatic heterocycles. The molecule has 1 heterocycles. The maximum atomic E-state index is 5.74. The van der Waals surface area contributed by atoms with E-state index in [0.717, 1.165) is 23.9 Å². The van der Waals surface area contributed by atoms with Gasteiger partial charge in [0.15, 0.2) is 0 Å². The van der Waals surface area contributed by atoms with Gasteiger partial charge in [-0.2, -0.15) is 4.98 Å². The summed E-state index contributed by atoms with van der Waals surface area (Å²) in [5.74, 6) is 1.35. The lowest BCUT2D eigenvalue weighted by Gasteiger charge is -2.23. The number of nitrogens with two attached hydrogens (primary N) is 1. The number of nitrogens with zero attached hydrogens (tertiary/aromatic N) is 3. The van der Waals surface area contributed by atoms with Gasteiger partial charge in [0.2, 0.25) is 11.8 Å². The van der Waals surface area contributed by atoms with Crippen molar-refractivity contribution in [2.45, 2.75) is 32.4 Å². The largest absolute Gasteiger partial charge is 0.481 e. The van der Waals surface area contributed by atoms with Crippen LogP contribution in [0.15, 0.2) is 30.3 Å². The van der Waals surface area contributed by atoms with E-state index in [0.29, 0.717) is 11.9 Å². The molecular formula is C16H20N4O. The van der Waals surface area contributed by atoms with E-state index in [1.54, 1.807) is 7.11 Å². The summed E-state index contributed by atoms with van der Waals surface area (Å²) < 4.78 is 5.26. The molecule has 1 fully saturated rings. The molecule has 2 N–H and O–H groups in total. The molecular weight excluding hydrogens is 264 g/mol. The Kier molecular flexibility index (Phi) is 3.64. The highest BCUT2D eigenvalue weighted by Gasteiger charge is 2.31. The molecule has 0 atom stereocenters. The third kappa shape index (κ3) is 3.24. The van der Waals surface area contributed by atoms with Crippen LogP contribution in [0, 0.1) is 6.92 Å². The van der Waals surface area contributed by atoms with Crippen LogP contribution in [0.25, 0.3) is 0 Å². The summed E-state index contributed by atoms with van der Waals surface area (Å²) in [5.41, 5.74) is 8.65. The maximum Gasteiger partial charge on any atom is 0.229 e. The van der Waals surface area contributed by atoms with Crippen LogP contribution < -0.4 is 15.4 Å². The summed E-state index contributed by atoms with van der Waals surface area (Å²) in [7, 11) is 1.63. The maximum absolute atomic E-state index is 5.74. The zero-order valence-electron chi connectivity index (χ0n) is 12.4. The van der Waals surface area contributed by atoms with Crippen molar-refractivity contribution in [3.63, 3.8) is 0 Å². The molecule has 1 aromatic carbocycles. The molecule has 0 radical (unpaired) electrons. The Morgan fingerprint density at radius 2 is 1.95 bits per heavy atom. The number of aromatic nitrogens is 2. The fourth-order valence-corrected chi connectivity index (χ4v) is 2.33. The van der Waals surface area contributed by atoms with E-state index in [1.807, 2.05) is 25.1 Å². The Bertz CT molecular complexity index is 623. The topological polar surface area (TPSA) is 64.3 Å². The molecule has 5 nitrogen and oxygen atoms in total. The van der Waals surface area contributed by atoms with Crippen LogP contribution in [0.5, 0.6) is 5.88 Å². The Balaban J connectivity index is 1.87. The van der Waals surface area contributed by atoms with Gasteiger partial charge in [-0.15, -0.1) is 0 Å². The molecule has 0 bridgehead atoms. The SMILES string of the molecule is COc1cc(C)nc(N(Cc2ccc(N)cc2)C2CC2)n1. The van der Waals surface area contributed by atoms with Crippen LogP contribution in [0.1, 0.15) is 24.1 Å². The van der Waals surface area contributed by atoms with Crippen LogP contribution in [-0.2, 0) is 6.54 Å². The normalized spacial score (nSPS) is 14.0. The number of ether oxygens (including phenoxy) is 1. The van der Waals surface area contributed by atoms with E-state index in [-0.39, 0.29) is 0 Å². The second-order valence-electron chi connectivity index (χ2n) is 5.45. The minimum Gasteiger partial charge on any atom is -0.481 e. The lowest BCUT2D eigenvalue weighted by atomic mass is 10.2. The number of anilines is 2. The fraction of sp³-hybridized carbons (Fsp3) is 0.375. The van der Waals surface area contributed by atoms with Crippen molar-refractivity contribution in [1.29, 1.82) is 0 Å². The van der Waals surface area contributed by atoms with Gasteiger partial charge >= 0.3 is 0 Å². The summed E-state index contributed by atoms with van der Waals surface area (Å²) in [4.78, 5) is 11.3. The molecule has 2 aromatic rings. The smallest absolute Gasteiger partial charge is 0.229 e. The number of hydrogen-bond acceptors (Lipinski definition) is 5. The summed E-state index contributed by atoms with van der Waals surface area (Å²) in [6.07, 6.45) is 2.38. The molecule has 1 saturated carbocycles. The lowest BCUT2D eigenvalue weighted by molar-refractivity contribution is 0.396. The monoisotopic (exact) mass is 284 g/mol. The number of methoxy groups -OCH3 is 1. The van der Waals surface area contributed by atoms with Gasteiger partial charge in [0.05, 0.1) is 7.11 Å². The Labute approximate surface area is 124 Å². The number of rotatable bonds is 5. The molecule has 1 aliphatic carbocycles. The van der Waals surface area contributed by atoms with E-state index in [4.69, 9.17) is 10.5 Å². The highest BCUT2D eigenvalue weighted by Crippen LogP contribution is 2.32. The Hall–Kier alpha value is -2.30. The second kappa shape index (κ2) is 5.60. The van der Waals surface area contributed by atoms with Crippen molar-refractivity contribution < 1.29 is 4.74 Å². The van der Waals surface area contributed by atoms with Gasteiger partial charge in [-0.3, -0.25) is 0 Å². The Morgan fingerprint density at radius 1 is 1.24 bits per heavy atom. The summed E-state index contributed by atoms with van der Waals surface area (Å²) in [6, 6.07) is 10.3. The van der Waals surface area contributed by atoms with Crippen LogP contribution in [0.3, 0.4) is 0 Å². The van der Waals surface area contributed by atoms with Crippen LogP contribution in [0.2, 0.25) is 0 Å². The summed E-state index contributed by atoms with van der Waals surface area (Å²) in [6.45, 7) is 2.75. The number of nitrogen functional groups attached to an aromatic ring is 1. The zero-order chi connectivity index (χ0) is 14.8. The van der Waals surface area contributed by atoms with E-state index in [1.165, 1.54) is 18.4 Å². The predicted octanol–water partition coefficient (Wildman–Crippen LogP) is 2.54. The molecule has 21 heavy (non-hydrogen) atoms. The van der Waals surface area contributed by atoms with Gasteiger partial charge in [0.1, 0.15) is 0 Å². The molecule has 110 valence electrons. The molecule has 0 amide bonds. The average molecular weight is 284 g/mol. The third-order valence-corrected chi connectivity index (χ3v) is 3.61. The minimum absolute atomic E-state index is 0.522. The van der Waals surface area contributed by atoms with Crippen molar-refractivity contribution >= 4 is 11.6 Å². The third-order valence-electron chi connectivity index (χ3n) is 3.61. The number of hydrogen-bond donors (Lipinski definition) is 1. The average Bonchev–Trinajstić information content (AvgIpc) is 3.30.